The molecule has 1 saturated carbocycles. The normalized spacial score (nSPS) is 14.4. The second-order valence-electron chi connectivity index (χ2n) is 8.15. The van der Waals surface area contributed by atoms with E-state index in [2.05, 4.69) is 15.0 Å². The van der Waals surface area contributed by atoms with Gasteiger partial charge in [-0.25, -0.2) is 15.0 Å². The molecule has 1 fully saturated rings. The molecule has 1 aliphatic carbocycles. The van der Waals surface area contributed by atoms with Crippen molar-refractivity contribution in [3.05, 3.63) is 53.9 Å². The number of benzene rings is 1. The maximum atomic E-state index is 13.2. The van der Waals surface area contributed by atoms with E-state index in [4.69, 9.17) is 11.5 Å². The number of hydrogen-bond donors (Lipinski definition) is 2. The zero-order valence-electron chi connectivity index (χ0n) is 18.0. The highest BCUT2D eigenvalue weighted by Crippen LogP contribution is 2.34. The molecule has 0 spiro atoms. The number of pyridine rings is 1. The summed E-state index contributed by atoms with van der Waals surface area (Å²) < 4.78 is 0. The van der Waals surface area contributed by atoms with Gasteiger partial charge in [-0.1, -0.05) is 31.4 Å². The van der Waals surface area contributed by atoms with Gasteiger partial charge in [0.25, 0.3) is 5.91 Å². The van der Waals surface area contributed by atoms with Crippen LogP contribution in [0.3, 0.4) is 0 Å². The minimum Gasteiger partial charge on any atom is -0.384 e. The molecule has 31 heavy (non-hydrogen) atoms. The summed E-state index contributed by atoms with van der Waals surface area (Å²) in [5.41, 5.74) is 16.3. The first kappa shape index (κ1) is 20.8. The number of aromatic nitrogens is 3. The summed E-state index contributed by atoms with van der Waals surface area (Å²) in [7, 11) is 1.91. The molecule has 7 heteroatoms. The van der Waals surface area contributed by atoms with E-state index >= 15 is 0 Å². The second-order valence-corrected chi connectivity index (χ2v) is 8.15. The highest BCUT2D eigenvalue weighted by atomic mass is 16.2. The van der Waals surface area contributed by atoms with Crippen molar-refractivity contribution in [2.24, 2.45) is 0 Å². The van der Waals surface area contributed by atoms with Gasteiger partial charge in [0.15, 0.2) is 0 Å². The molecule has 0 aliphatic heterocycles. The largest absolute Gasteiger partial charge is 0.384 e. The van der Waals surface area contributed by atoms with E-state index in [-0.39, 0.29) is 11.9 Å². The van der Waals surface area contributed by atoms with Crippen LogP contribution in [0, 0.1) is 6.92 Å². The Labute approximate surface area is 182 Å². The van der Waals surface area contributed by atoms with Crippen molar-refractivity contribution in [1.82, 2.24) is 19.9 Å². The number of nitrogen functional groups attached to an aromatic ring is 2. The smallest absolute Gasteiger partial charge is 0.253 e. The predicted molar refractivity (Wildman–Crippen MR) is 123 cm³/mol. The van der Waals surface area contributed by atoms with Gasteiger partial charge >= 0.3 is 0 Å². The highest BCUT2D eigenvalue weighted by Gasteiger charge is 2.24. The number of nitrogens with zero attached hydrogens (tertiary/aromatic N) is 4. The van der Waals surface area contributed by atoms with E-state index in [9.17, 15) is 4.79 Å². The zero-order valence-corrected chi connectivity index (χ0v) is 18.0. The maximum Gasteiger partial charge on any atom is 0.253 e. The first-order chi connectivity index (χ1) is 14.9. The molecule has 4 rings (SSSR count). The summed E-state index contributed by atoms with van der Waals surface area (Å²) in [5, 5.41) is 0. The fourth-order valence-corrected chi connectivity index (χ4v) is 4.34. The lowest BCUT2D eigenvalue weighted by Gasteiger charge is -2.31. The number of anilines is 2. The monoisotopic (exact) mass is 416 g/mol. The first-order valence-electron chi connectivity index (χ1n) is 10.7. The number of carbonyl (C=O) groups is 1. The molecule has 2 aromatic heterocycles. The third-order valence-electron chi connectivity index (χ3n) is 6.01. The predicted octanol–water partition coefficient (Wildman–Crippen LogP) is 4.08. The number of nitrogens with two attached hydrogens (primary N) is 2. The minimum absolute atomic E-state index is 0.0307. The van der Waals surface area contributed by atoms with E-state index in [1.165, 1.54) is 19.3 Å². The number of aryl methyl sites for hydroxylation is 1. The van der Waals surface area contributed by atoms with Crippen LogP contribution in [0.5, 0.6) is 0 Å². The van der Waals surface area contributed by atoms with Crippen molar-refractivity contribution in [2.75, 3.05) is 18.5 Å². The van der Waals surface area contributed by atoms with Crippen LogP contribution in [0.25, 0.3) is 22.4 Å². The van der Waals surface area contributed by atoms with Crippen LogP contribution < -0.4 is 11.5 Å². The third-order valence-corrected chi connectivity index (χ3v) is 6.01. The van der Waals surface area contributed by atoms with E-state index in [0.29, 0.717) is 23.1 Å². The van der Waals surface area contributed by atoms with Gasteiger partial charge in [0.2, 0.25) is 5.95 Å². The maximum absolute atomic E-state index is 13.2. The molecule has 0 unspecified atom stereocenters. The van der Waals surface area contributed by atoms with Crippen molar-refractivity contribution in [3.8, 4) is 22.4 Å². The van der Waals surface area contributed by atoms with Gasteiger partial charge in [-0.3, -0.25) is 4.79 Å². The summed E-state index contributed by atoms with van der Waals surface area (Å²) >= 11 is 0. The van der Waals surface area contributed by atoms with Crippen LogP contribution >= 0.6 is 0 Å². The summed E-state index contributed by atoms with van der Waals surface area (Å²) in [5.74, 6) is 0.663. The Morgan fingerprint density at radius 2 is 1.81 bits per heavy atom. The Balaban J connectivity index is 1.74. The van der Waals surface area contributed by atoms with Crippen LogP contribution in [0.15, 0.2) is 42.6 Å². The molecule has 2 heterocycles. The van der Waals surface area contributed by atoms with E-state index < -0.39 is 0 Å². The van der Waals surface area contributed by atoms with Crippen LogP contribution in [0.2, 0.25) is 0 Å². The van der Waals surface area contributed by atoms with Gasteiger partial charge in [0.05, 0.1) is 11.4 Å². The van der Waals surface area contributed by atoms with Gasteiger partial charge < -0.3 is 16.4 Å². The number of rotatable bonds is 4. The Kier molecular flexibility index (Phi) is 5.84. The van der Waals surface area contributed by atoms with Gasteiger partial charge in [0, 0.05) is 41.5 Å². The van der Waals surface area contributed by atoms with Crippen molar-refractivity contribution in [3.63, 3.8) is 0 Å². The quantitative estimate of drug-likeness (QED) is 0.663. The van der Waals surface area contributed by atoms with Crippen LogP contribution in [-0.4, -0.2) is 38.8 Å². The molecule has 0 bridgehead atoms. The van der Waals surface area contributed by atoms with E-state index in [0.717, 1.165) is 35.2 Å². The average Bonchev–Trinajstić information content (AvgIpc) is 2.79. The van der Waals surface area contributed by atoms with Crippen LogP contribution in [-0.2, 0) is 0 Å². The number of hydrogen-bond acceptors (Lipinski definition) is 6. The van der Waals surface area contributed by atoms with Gasteiger partial charge in [-0.05, 0) is 44.0 Å². The SMILES string of the molecule is Cc1nc(N)nc(-c2cccc(C(=O)N(C)C3CCCCC3)c2)c1-c1ccc(N)nc1. The third kappa shape index (κ3) is 4.35. The van der Waals surface area contributed by atoms with Gasteiger partial charge in [-0.2, -0.15) is 0 Å². The molecular weight excluding hydrogens is 388 g/mol. The highest BCUT2D eigenvalue weighted by molar-refractivity contribution is 5.96. The van der Waals surface area contributed by atoms with Crippen molar-refractivity contribution >= 4 is 17.7 Å². The molecule has 1 amide bonds. The summed E-state index contributed by atoms with van der Waals surface area (Å²) in [6, 6.07) is 11.5. The van der Waals surface area contributed by atoms with Crippen LogP contribution in [0.1, 0.15) is 48.2 Å². The van der Waals surface area contributed by atoms with Crippen molar-refractivity contribution in [2.45, 2.75) is 45.1 Å². The van der Waals surface area contributed by atoms with E-state index in [1.807, 2.05) is 49.2 Å². The molecule has 7 nitrogen and oxygen atoms in total. The average molecular weight is 417 g/mol. The molecule has 1 aromatic carbocycles. The topological polar surface area (TPSA) is 111 Å². The fourth-order valence-electron chi connectivity index (χ4n) is 4.34. The molecule has 0 radical (unpaired) electrons. The Morgan fingerprint density at radius 1 is 1.03 bits per heavy atom. The van der Waals surface area contributed by atoms with Crippen LogP contribution in [0.4, 0.5) is 11.8 Å². The molecule has 160 valence electrons. The molecule has 0 atom stereocenters. The standard InChI is InChI=1S/C24H28N6O/c1-15-21(18-11-12-20(25)27-14-18)22(29-24(26)28-15)16-7-6-8-17(13-16)23(31)30(2)19-9-4-3-5-10-19/h6-8,11-14,19H,3-5,9-10H2,1-2H3,(H2,25,27)(H2,26,28,29). The van der Waals surface area contributed by atoms with Gasteiger partial charge in [-0.15, -0.1) is 0 Å². The molecular formula is C24H28N6O. The fraction of sp³-hybridized carbons (Fsp3) is 0.333. The zero-order chi connectivity index (χ0) is 22.0. The number of amides is 1. The Hall–Kier alpha value is -3.48. The van der Waals surface area contributed by atoms with Gasteiger partial charge in [0.1, 0.15) is 5.82 Å². The summed E-state index contributed by atoms with van der Waals surface area (Å²) in [6.45, 7) is 1.89. The minimum atomic E-state index is 0.0307. The lowest BCUT2D eigenvalue weighted by Crippen LogP contribution is -2.38. The molecule has 0 saturated heterocycles. The van der Waals surface area contributed by atoms with Crippen molar-refractivity contribution < 1.29 is 4.79 Å². The Morgan fingerprint density at radius 3 is 2.52 bits per heavy atom. The van der Waals surface area contributed by atoms with E-state index in [1.54, 1.807) is 12.3 Å². The Bertz CT molecular complexity index is 1090. The lowest BCUT2D eigenvalue weighted by molar-refractivity contribution is 0.0696. The second kappa shape index (κ2) is 8.71. The number of carbonyl (C=O) groups excluding carboxylic acids is 1. The lowest BCUT2D eigenvalue weighted by atomic mass is 9.93. The molecule has 1 aliphatic rings. The summed E-state index contributed by atoms with van der Waals surface area (Å²) in [6.07, 6.45) is 7.45. The van der Waals surface area contributed by atoms with Crippen molar-refractivity contribution in [1.29, 1.82) is 0 Å². The summed E-state index contributed by atoms with van der Waals surface area (Å²) in [4.78, 5) is 28.2. The first-order valence-corrected chi connectivity index (χ1v) is 10.7. The molecule has 3 aromatic rings. The molecule has 4 N–H and O–H groups in total.